The first kappa shape index (κ1) is 36.5. The maximum atomic E-state index is 7.50. The van der Waals surface area contributed by atoms with E-state index >= 15 is 0 Å². The van der Waals surface area contributed by atoms with Gasteiger partial charge in [-0.15, -0.1) is 0 Å². The second-order valence-electron chi connectivity index (χ2n) is 3.22. The van der Waals surface area contributed by atoms with E-state index in [9.17, 15) is 0 Å². The zero-order valence-electron chi connectivity index (χ0n) is 11.6. The van der Waals surface area contributed by atoms with Gasteiger partial charge in [-0.1, -0.05) is 0 Å². The number of methoxy groups -OCH3 is 1. The Kier molecular flexibility index (Phi) is 66.0. The summed E-state index contributed by atoms with van der Waals surface area (Å²) >= 11 is 1.38. The minimum atomic E-state index is -1.18. The van der Waals surface area contributed by atoms with E-state index in [-0.39, 0.29) is 0 Å². The molecule has 0 spiro atoms. The van der Waals surface area contributed by atoms with Crippen molar-refractivity contribution in [3.8, 4) is 0 Å². The first-order valence-corrected chi connectivity index (χ1v) is 9.16. The Morgan fingerprint density at radius 2 is 1.05 bits per heavy atom. The summed E-state index contributed by atoms with van der Waals surface area (Å²) in [6, 6.07) is 0. The van der Waals surface area contributed by atoms with Crippen LogP contribution in [0.5, 0.6) is 0 Å². The fraction of sp³-hybridized carbons (Fsp3) is 0.333. The summed E-state index contributed by atoms with van der Waals surface area (Å²) in [6.07, 6.45) is 0. The molecule has 0 aliphatic rings. The fourth-order valence-corrected chi connectivity index (χ4v) is 4.44. The van der Waals surface area contributed by atoms with Crippen molar-refractivity contribution in [2.24, 2.45) is 0 Å². The van der Waals surface area contributed by atoms with Gasteiger partial charge < -0.3 is 0 Å². The van der Waals surface area contributed by atoms with Gasteiger partial charge in [-0.2, -0.15) is 0 Å². The number of ether oxygens (including phenoxy) is 1. The Bertz CT molecular complexity index is 298. The summed E-state index contributed by atoms with van der Waals surface area (Å²) in [6.45, 7) is 33.3. The zero-order chi connectivity index (χ0) is 18.4. The van der Waals surface area contributed by atoms with Gasteiger partial charge in [-0.3, -0.25) is 0 Å². The van der Waals surface area contributed by atoms with Gasteiger partial charge in [0.2, 0.25) is 0 Å². The van der Waals surface area contributed by atoms with Gasteiger partial charge >= 0.3 is 131 Å². The average Bonchev–Trinajstić information content (AvgIpc) is 2.54. The number of hydrogen-bond donors (Lipinski definition) is 0. The molecule has 0 aromatic carbocycles. The second kappa shape index (κ2) is 36.2. The van der Waals surface area contributed by atoms with E-state index in [1.54, 1.807) is 7.11 Å². The molecule has 0 saturated heterocycles. The molecule has 8 heteroatoms. The zero-order valence-corrected chi connectivity index (χ0v) is 15.5. The van der Waals surface area contributed by atoms with Crippen molar-refractivity contribution in [2.45, 2.75) is 19.6 Å². The van der Waals surface area contributed by atoms with Crippen LogP contribution >= 0.6 is 0 Å². The van der Waals surface area contributed by atoms with E-state index in [1.165, 1.54) is 24.5 Å². The summed E-state index contributed by atoms with van der Waals surface area (Å²) in [5.74, 6) is 0. The molecule has 0 amide bonds. The van der Waals surface area contributed by atoms with Crippen LogP contribution in [0.25, 0.3) is 0 Å². The van der Waals surface area contributed by atoms with Crippen molar-refractivity contribution < 1.29 is 47.4 Å². The van der Waals surface area contributed by atoms with Crippen LogP contribution in [0, 0.1) is 33.3 Å². The Morgan fingerprint density at radius 1 is 0.850 bits per heavy atom. The molecule has 0 heterocycles. The summed E-state index contributed by atoms with van der Waals surface area (Å²) in [5, 5.41) is 1.24. The van der Waals surface area contributed by atoms with E-state index in [0.29, 0.717) is 0 Å². The molecule has 0 rings (SSSR count). The molecule has 0 N–H and O–H groups in total. The van der Waals surface area contributed by atoms with Crippen LogP contribution in [0.15, 0.2) is 11.8 Å². The average molecular weight is 466 g/mol. The van der Waals surface area contributed by atoms with Gasteiger partial charge in [-0.25, -0.2) is 0 Å². The third kappa shape index (κ3) is 36.0. The predicted molar refractivity (Wildman–Crippen MR) is 64.1 cm³/mol. The van der Waals surface area contributed by atoms with Gasteiger partial charge in [0.15, 0.2) is 0 Å². The van der Waals surface area contributed by atoms with Crippen molar-refractivity contribution in [3.63, 3.8) is 0 Å². The number of rotatable bonds is 3. The van der Waals surface area contributed by atoms with E-state index in [4.69, 9.17) is 28.0 Å². The Hall–Kier alpha value is -0.825. The van der Waals surface area contributed by atoms with Gasteiger partial charge in [0, 0.05) is 0 Å². The molecule has 0 aliphatic heterocycles. The first-order valence-electron chi connectivity index (χ1n) is 4.19. The molecule has 20 heavy (non-hydrogen) atoms. The quantitative estimate of drug-likeness (QED) is 0.351. The minimum absolute atomic E-state index is 1.07. The van der Waals surface area contributed by atoms with Crippen molar-refractivity contribution in [3.05, 3.63) is 45.0 Å². The molecule has 0 unspecified atom stereocenters. The van der Waals surface area contributed by atoms with Gasteiger partial charge in [0.1, 0.15) is 0 Å². The topological polar surface area (TPSA) is 109 Å². The molecule has 0 aliphatic carbocycles. The van der Waals surface area contributed by atoms with Crippen LogP contribution in [0.1, 0.15) is 0 Å². The van der Waals surface area contributed by atoms with Gasteiger partial charge in [0.05, 0.1) is 0 Å². The maximum absolute atomic E-state index is 7.50. The normalized spacial score (nSPS) is 6.10. The fourth-order valence-electron chi connectivity index (χ4n) is 0.429. The molecule has 6 nitrogen and oxygen atoms in total. The number of hydrogen-bond acceptors (Lipinski definition) is 1. The monoisotopic (exact) mass is 466 g/mol. The Morgan fingerprint density at radius 3 is 1.10 bits per heavy atom. The van der Waals surface area contributed by atoms with Crippen molar-refractivity contribution in [2.75, 3.05) is 7.11 Å². The van der Waals surface area contributed by atoms with Crippen LogP contribution in [0.4, 0.5) is 0 Å². The molecule has 0 bridgehead atoms. The van der Waals surface area contributed by atoms with E-state index in [0.717, 1.165) is 4.08 Å². The van der Waals surface area contributed by atoms with Gasteiger partial charge in [0.25, 0.3) is 0 Å². The SMILES string of the molecule is C=C([C](=[W])OC)[Si](C)(C)C.[C-]#[O+].[C-]#[O+].[C-]#[O+].[C-]#[O+].[C-]#[O+]. The van der Waals surface area contributed by atoms with Crippen LogP contribution in [-0.4, -0.2) is 19.3 Å². The molecular weight excluding hydrogens is 452 g/mol. The molecule has 0 fully saturated rings. The van der Waals surface area contributed by atoms with Crippen LogP contribution in [0.2, 0.25) is 19.6 Å². The second-order valence-corrected chi connectivity index (χ2v) is 9.66. The van der Waals surface area contributed by atoms with Crippen LogP contribution < -0.4 is 0 Å². The predicted octanol–water partition coefficient (Wildman–Crippen LogP) is 1.56. The van der Waals surface area contributed by atoms with Crippen molar-refractivity contribution >= 4 is 12.2 Å². The molecule has 0 aromatic rings. The van der Waals surface area contributed by atoms with E-state index < -0.39 is 8.07 Å². The summed E-state index contributed by atoms with van der Waals surface area (Å²) < 4.78 is 43.7. The van der Waals surface area contributed by atoms with E-state index in [1.807, 2.05) is 0 Å². The summed E-state index contributed by atoms with van der Waals surface area (Å²) in [5.41, 5.74) is 0. The summed E-state index contributed by atoms with van der Waals surface area (Å²) in [7, 11) is 0.536. The van der Waals surface area contributed by atoms with Crippen molar-refractivity contribution in [1.29, 1.82) is 0 Å². The standard InChI is InChI=1S/C7H14OSi.5CO.W/c1-7(6-8-2)9(3,4)5;5*1-2;/h1H2,2-5H3;;;;;;. The Labute approximate surface area is 131 Å². The van der Waals surface area contributed by atoms with Gasteiger partial charge in [-0.05, 0) is 0 Å². The first-order chi connectivity index (χ1) is 9.39. The van der Waals surface area contributed by atoms with Crippen molar-refractivity contribution in [1.82, 2.24) is 0 Å². The summed E-state index contributed by atoms with van der Waals surface area (Å²) in [4.78, 5) is 0. The van der Waals surface area contributed by atoms with Crippen LogP contribution in [-0.2, 0) is 47.4 Å². The third-order valence-electron chi connectivity index (χ3n) is 1.34. The molecule has 108 valence electrons. The molecule has 0 aromatic heterocycles. The molecule has 0 saturated carbocycles. The van der Waals surface area contributed by atoms with Crippen LogP contribution in [0.3, 0.4) is 0 Å². The Balaban J connectivity index is -0.0000000412. The molecular formula is C12H14O6SiW. The molecule has 0 atom stereocenters. The van der Waals surface area contributed by atoms with E-state index in [2.05, 4.69) is 59.5 Å². The molecule has 0 radical (unpaired) electrons. The third-order valence-corrected chi connectivity index (χ3v) is 5.57.